The first kappa shape index (κ1) is 31.2. The summed E-state index contributed by atoms with van der Waals surface area (Å²) in [5, 5.41) is 15.7. The number of benzene rings is 1. The van der Waals surface area contributed by atoms with Crippen LogP contribution in [0.4, 0.5) is 24.5 Å². The van der Waals surface area contributed by atoms with Gasteiger partial charge < -0.3 is 20.1 Å². The van der Waals surface area contributed by atoms with Crippen molar-refractivity contribution in [2.45, 2.75) is 84.0 Å². The molecule has 2 heterocycles. The molecular weight excluding hydrogens is 479 g/mol. The third-order valence-corrected chi connectivity index (χ3v) is 5.50. The number of esters is 1. The van der Waals surface area contributed by atoms with Crippen LogP contribution in [-0.2, 0) is 19.1 Å². The van der Waals surface area contributed by atoms with Gasteiger partial charge >= 0.3 is 5.97 Å². The number of nitrogens with zero attached hydrogens (tertiary/aromatic N) is 1. The summed E-state index contributed by atoms with van der Waals surface area (Å²) in [5.41, 5.74) is -2.09. The van der Waals surface area contributed by atoms with E-state index in [-0.39, 0.29) is 62.5 Å². The maximum atomic E-state index is 14.8. The van der Waals surface area contributed by atoms with Crippen LogP contribution in [-0.4, -0.2) is 60.4 Å². The summed E-state index contributed by atoms with van der Waals surface area (Å²) in [6.45, 7) is 9.53. The highest BCUT2D eigenvalue weighted by molar-refractivity contribution is 6.01. The van der Waals surface area contributed by atoms with Crippen molar-refractivity contribution >= 4 is 29.2 Å². The van der Waals surface area contributed by atoms with Crippen molar-refractivity contribution in [2.75, 3.05) is 30.5 Å². The fourth-order valence-corrected chi connectivity index (χ4v) is 3.95. The summed E-state index contributed by atoms with van der Waals surface area (Å²) in [5.74, 6) is -3.05. The van der Waals surface area contributed by atoms with Gasteiger partial charge in [-0.2, -0.15) is 0 Å². The fourth-order valence-electron chi connectivity index (χ4n) is 3.95. The molecule has 0 spiro atoms. The lowest BCUT2D eigenvalue weighted by Gasteiger charge is -2.39. The number of carbonyl (C=O) groups is 3. The highest BCUT2D eigenvalue weighted by Crippen LogP contribution is 2.34. The SMILES string of the molecule is CC.CC(C)(C)OC(=O)CC1(O)CCN(c2c(F)cc(NC3CCC(=O)NC3=O)cc2F)CC1.CF. The monoisotopic (exact) mass is 517 g/mol. The lowest BCUT2D eigenvalue weighted by atomic mass is 9.88. The Labute approximate surface area is 210 Å². The second-order valence-corrected chi connectivity index (χ2v) is 9.41. The van der Waals surface area contributed by atoms with Crippen LogP contribution in [0.2, 0.25) is 0 Å². The van der Waals surface area contributed by atoms with Gasteiger partial charge in [0.2, 0.25) is 11.8 Å². The van der Waals surface area contributed by atoms with Gasteiger partial charge in [0, 0.05) is 25.2 Å². The molecule has 8 nitrogen and oxygen atoms in total. The number of anilines is 2. The van der Waals surface area contributed by atoms with Crippen LogP contribution in [0.5, 0.6) is 0 Å². The number of alkyl halides is 1. The Morgan fingerprint density at radius 3 is 2.17 bits per heavy atom. The first-order valence-electron chi connectivity index (χ1n) is 12.0. The van der Waals surface area contributed by atoms with Gasteiger partial charge in [0.25, 0.3) is 0 Å². The lowest BCUT2D eigenvalue weighted by molar-refractivity contribution is -0.161. The van der Waals surface area contributed by atoms with Crippen LogP contribution in [0.25, 0.3) is 0 Å². The van der Waals surface area contributed by atoms with E-state index in [1.165, 1.54) is 4.90 Å². The number of halogens is 3. The molecule has 2 aliphatic heterocycles. The molecule has 0 bridgehead atoms. The number of hydrogen-bond donors (Lipinski definition) is 3. The molecule has 0 radical (unpaired) electrons. The van der Waals surface area contributed by atoms with Gasteiger partial charge in [0.05, 0.1) is 19.2 Å². The van der Waals surface area contributed by atoms with E-state index in [9.17, 15) is 32.7 Å². The van der Waals surface area contributed by atoms with Crippen LogP contribution in [0, 0.1) is 11.6 Å². The van der Waals surface area contributed by atoms with Crippen molar-refractivity contribution in [1.29, 1.82) is 0 Å². The average Bonchev–Trinajstić information content (AvgIpc) is 2.78. The van der Waals surface area contributed by atoms with Crippen LogP contribution in [0.15, 0.2) is 12.1 Å². The Balaban J connectivity index is 0.00000154. The molecule has 2 saturated heterocycles. The molecule has 1 unspecified atom stereocenters. The van der Waals surface area contributed by atoms with Crippen molar-refractivity contribution < 1.29 is 37.4 Å². The van der Waals surface area contributed by atoms with Gasteiger partial charge in [-0.3, -0.25) is 24.1 Å². The molecule has 11 heteroatoms. The third-order valence-electron chi connectivity index (χ3n) is 5.50. The van der Waals surface area contributed by atoms with E-state index < -0.39 is 40.8 Å². The minimum absolute atomic E-state index is 0.0942. The van der Waals surface area contributed by atoms with E-state index in [0.717, 1.165) is 12.1 Å². The van der Waals surface area contributed by atoms with Crippen molar-refractivity contribution in [2.24, 2.45) is 0 Å². The predicted octanol–water partition coefficient (Wildman–Crippen LogP) is 3.86. The first-order valence-corrected chi connectivity index (χ1v) is 12.0. The zero-order chi connectivity index (χ0) is 27.7. The van der Waals surface area contributed by atoms with Gasteiger partial charge in [0.15, 0.2) is 11.6 Å². The molecular formula is C25H38F3N3O5. The van der Waals surface area contributed by atoms with Crippen LogP contribution in [0.1, 0.15) is 66.7 Å². The second kappa shape index (κ2) is 13.5. The average molecular weight is 518 g/mol. The Morgan fingerprint density at radius 1 is 1.17 bits per heavy atom. The number of rotatable bonds is 5. The number of amides is 2. The maximum absolute atomic E-state index is 14.8. The Bertz CT molecular complexity index is 890. The van der Waals surface area contributed by atoms with Crippen molar-refractivity contribution in [1.82, 2.24) is 5.32 Å². The molecule has 0 aromatic heterocycles. The zero-order valence-electron chi connectivity index (χ0n) is 21.8. The Hall–Kier alpha value is -2.82. The van der Waals surface area contributed by atoms with E-state index in [1.54, 1.807) is 20.8 Å². The second-order valence-electron chi connectivity index (χ2n) is 9.41. The zero-order valence-corrected chi connectivity index (χ0v) is 21.8. The highest BCUT2D eigenvalue weighted by atomic mass is 19.1. The molecule has 0 saturated carbocycles. The molecule has 1 aromatic carbocycles. The van der Waals surface area contributed by atoms with Crippen molar-refractivity contribution in [3.8, 4) is 0 Å². The van der Waals surface area contributed by atoms with Crippen LogP contribution < -0.4 is 15.5 Å². The number of nitrogens with one attached hydrogen (secondary N) is 2. The lowest BCUT2D eigenvalue weighted by Crippen LogP contribution is -2.47. The topological polar surface area (TPSA) is 108 Å². The fraction of sp³-hybridized carbons (Fsp3) is 0.640. The summed E-state index contributed by atoms with van der Waals surface area (Å²) in [6, 6.07) is 1.45. The standard InChI is InChI=1S/C22H29F2N3O5.C2H6.CH3F/c1-21(2,3)32-18(29)12-22(31)6-8-27(9-7-22)19-14(23)10-13(11-15(19)24)25-16-4-5-17(28)26-20(16)30;2*1-2/h10-11,16,25,31H,4-9,12H2,1-3H3,(H,26,28,30);1-2H3;1H3. The van der Waals surface area contributed by atoms with Gasteiger partial charge in [-0.25, -0.2) is 8.78 Å². The Morgan fingerprint density at radius 2 is 1.69 bits per heavy atom. The number of aliphatic hydroxyl groups is 1. The molecule has 2 aliphatic rings. The third kappa shape index (κ3) is 9.00. The van der Waals surface area contributed by atoms with Crippen LogP contribution >= 0.6 is 0 Å². The molecule has 204 valence electrons. The molecule has 1 atom stereocenters. The number of hydrogen-bond acceptors (Lipinski definition) is 7. The van der Waals surface area contributed by atoms with E-state index in [4.69, 9.17) is 4.74 Å². The predicted molar refractivity (Wildman–Crippen MR) is 131 cm³/mol. The maximum Gasteiger partial charge on any atom is 0.309 e. The van der Waals surface area contributed by atoms with E-state index in [1.807, 2.05) is 13.8 Å². The summed E-state index contributed by atoms with van der Waals surface area (Å²) >= 11 is 0. The van der Waals surface area contributed by atoms with Crippen LogP contribution in [0.3, 0.4) is 0 Å². The van der Waals surface area contributed by atoms with Gasteiger partial charge in [-0.05, 0) is 52.2 Å². The number of ether oxygens (including phenoxy) is 1. The van der Waals surface area contributed by atoms with Gasteiger partial charge in [0.1, 0.15) is 17.3 Å². The minimum atomic E-state index is -1.29. The number of imide groups is 1. The molecule has 0 aliphatic carbocycles. The molecule has 3 rings (SSSR count). The number of piperidine rings is 2. The first-order chi connectivity index (χ1) is 16.8. The summed E-state index contributed by atoms with van der Waals surface area (Å²) in [4.78, 5) is 36.7. The normalized spacial score (nSPS) is 19.2. The molecule has 2 amide bonds. The van der Waals surface area contributed by atoms with Gasteiger partial charge in [-0.15, -0.1) is 0 Å². The van der Waals surface area contributed by atoms with Gasteiger partial charge in [-0.1, -0.05) is 13.8 Å². The summed E-state index contributed by atoms with van der Waals surface area (Å²) in [6.07, 6.45) is 0.505. The molecule has 36 heavy (non-hydrogen) atoms. The van der Waals surface area contributed by atoms with Crippen molar-refractivity contribution in [3.63, 3.8) is 0 Å². The summed E-state index contributed by atoms with van der Waals surface area (Å²) in [7, 11) is 0.500. The molecule has 2 fully saturated rings. The van der Waals surface area contributed by atoms with E-state index in [0.29, 0.717) is 7.18 Å². The largest absolute Gasteiger partial charge is 0.460 e. The smallest absolute Gasteiger partial charge is 0.309 e. The number of carbonyl (C=O) groups excluding carboxylic acids is 3. The van der Waals surface area contributed by atoms with E-state index >= 15 is 0 Å². The molecule has 3 N–H and O–H groups in total. The molecule has 1 aromatic rings. The van der Waals surface area contributed by atoms with E-state index in [2.05, 4.69) is 10.6 Å². The summed E-state index contributed by atoms with van der Waals surface area (Å²) < 4.78 is 44.3. The van der Waals surface area contributed by atoms with Crippen molar-refractivity contribution in [3.05, 3.63) is 23.8 Å². The highest BCUT2D eigenvalue weighted by Gasteiger charge is 2.37. The quantitative estimate of drug-likeness (QED) is 0.402. The minimum Gasteiger partial charge on any atom is -0.460 e. The Kier molecular flexibility index (Phi) is 11.7.